The number of fused-ring (bicyclic) bond motifs is 4. The predicted molar refractivity (Wildman–Crippen MR) is 116 cm³/mol. The topological polar surface area (TPSA) is 83.6 Å². The van der Waals surface area contributed by atoms with Gasteiger partial charge in [0.2, 0.25) is 0 Å². The normalized spacial score (nSPS) is 21.5. The van der Waals surface area contributed by atoms with E-state index >= 15 is 0 Å². The van der Waals surface area contributed by atoms with Gasteiger partial charge in [-0.3, -0.25) is 14.7 Å². The summed E-state index contributed by atoms with van der Waals surface area (Å²) >= 11 is 0. The van der Waals surface area contributed by atoms with E-state index in [2.05, 4.69) is 15.6 Å². The molecule has 0 aliphatic carbocycles. The molecule has 2 bridgehead atoms. The van der Waals surface area contributed by atoms with Crippen LogP contribution in [0.25, 0.3) is 0 Å². The number of nitrogens with zero attached hydrogens (tertiary/aromatic N) is 2. The van der Waals surface area contributed by atoms with Crippen molar-refractivity contribution in [2.75, 3.05) is 4.90 Å². The molecule has 2 aliphatic rings. The van der Waals surface area contributed by atoms with E-state index in [-0.39, 0.29) is 18.0 Å². The quantitative estimate of drug-likeness (QED) is 0.681. The minimum absolute atomic E-state index is 0.0868. The predicted octanol–water partition coefficient (Wildman–Crippen LogP) is 3.78. The van der Waals surface area contributed by atoms with Gasteiger partial charge in [0.25, 0.3) is 5.91 Å². The average molecular weight is 414 g/mol. The minimum Gasteiger partial charge on any atom is -0.467 e. The molecule has 3 amide bonds. The van der Waals surface area contributed by atoms with Crippen LogP contribution >= 0.6 is 0 Å². The molecule has 156 valence electrons. The molecule has 3 heterocycles. The number of urea groups is 1. The van der Waals surface area contributed by atoms with Crippen molar-refractivity contribution in [1.82, 2.24) is 15.6 Å². The molecular formula is C24H22N4O3. The number of para-hydroxylation sites is 1. The number of ether oxygens (including phenoxy) is 1. The number of amides is 3. The van der Waals surface area contributed by atoms with E-state index in [0.29, 0.717) is 24.2 Å². The van der Waals surface area contributed by atoms with Gasteiger partial charge in [-0.15, -0.1) is 0 Å². The van der Waals surface area contributed by atoms with Gasteiger partial charge in [-0.1, -0.05) is 24.3 Å². The van der Waals surface area contributed by atoms with E-state index < -0.39 is 5.72 Å². The third-order valence-electron chi connectivity index (χ3n) is 5.74. The highest BCUT2D eigenvalue weighted by Crippen LogP contribution is 2.45. The van der Waals surface area contributed by atoms with Gasteiger partial charge in [0.15, 0.2) is 5.72 Å². The summed E-state index contributed by atoms with van der Waals surface area (Å²) in [6.45, 7) is 2.32. The van der Waals surface area contributed by atoms with E-state index in [1.54, 1.807) is 41.6 Å². The molecule has 0 unspecified atom stereocenters. The molecule has 31 heavy (non-hydrogen) atoms. The second-order valence-electron chi connectivity index (χ2n) is 7.95. The summed E-state index contributed by atoms with van der Waals surface area (Å²) in [6, 6.07) is 18.2. The van der Waals surface area contributed by atoms with Crippen molar-refractivity contribution in [3.8, 4) is 5.75 Å². The first-order valence-corrected chi connectivity index (χ1v) is 10.2. The number of hydrogen-bond acceptors (Lipinski definition) is 4. The lowest BCUT2D eigenvalue weighted by Gasteiger charge is -2.50. The second kappa shape index (κ2) is 7.43. The Hall–Kier alpha value is -3.87. The van der Waals surface area contributed by atoms with Gasteiger partial charge in [-0.2, -0.15) is 0 Å². The Kier molecular flexibility index (Phi) is 4.58. The molecule has 1 fully saturated rings. The van der Waals surface area contributed by atoms with Gasteiger partial charge in [0, 0.05) is 42.2 Å². The Morgan fingerprint density at radius 3 is 2.77 bits per heavy atom. The fourth-order valence-corrected chi connectivity index (χ4v) is 4.26. The molecule has 7 heteroatoms. The molecular weight excluding hydrogens is 392 g/mol. The molecule has 0 saturated carbocycles. The van der Waals surface area contributed by atoms with Crippen LogP contribution in [0.4, 0.5) is 10.5 Å². The molecule has 1 aromatic heterocycles. The van der Waals surface area contributed by atoms with Crippen LogP contribution in [0.15, 0.2) is 73.1 Å². The van der Waals surface area contributed by atoms with E-state index in [1.165, 1.54) is 0 Å². The van der Waals surface area contributed by atoms with Crippen molar-refractivity contribution in [1.29, 1.82) is 0 Å². The minimum atomic E-state index is -0.814. The lowest BCUT2D eigenvalue weighted by atomic mass is 9.90. The van der Waals surface area contributed by atoms with Crippen LogP contribution in [0.2, 0.25) is 0 Å². The van der Waals surface area contributed by atoms with Crippen LogP contribution in [0.3, 0.4) is 0 Å². The van der Waals surface area contributed by atoms with Crippen molar-refractivity contribution in [3.05, 3.63) is 89.7 Å². The summed E-state index contributed by atoms with van der Waals surface area (Å²) in [5, 5.41) is 5.96. The van der Waals surface area contributed by atoms with Crippen LogP contribution in [0, 0.1) is 0 Å². The lowest BCUT2D eigenvalue weighted by Crippen LogP contribution is -2.65. The number of hydrogen-bond donors (Lipinski definition) is 2. The first kappa shape index (κ1) is 19.1. The van der Waals surface area contributed by atoms with Crippen LogP contribution in [-0.4, -0.2) is 22.6 Å². The van der Waals surface area contributed by atoms with Crippen molar-refractivity contribution in [3.63, 3.8) is 0 Å². The van der Waals surface area contributed by atoms with Crippen molar-refractivity contribution < 1.29 is 14.3 Å². The first-order chi connectivity index (χ1) is 15.0. The number of carbonyl (C=O) groups is 2. The lowest BCUT2D eigenvalue weighted by molar-refractivity contribution is 0.0379. The average Bonchev–Trinajstić information content (AvgIpc) is 2.78. The largest absolute Gasteiger partial charge is 0.467 e. The van der Waals surface area contributed by atoms with Crippen LogP contribution in [0.5, 0.6) is 5.75 Å². The van der Waals surface area contributed by atoms with Gasteiger partial charge in [-0.05, 0) is 48.9 Å². The standard InChI is InChI=1S/C24H22N4O3/c1-24-13-20(19-6-2-3-7-21(19)31-24)27-23(30)28(24)18-10-8-17(9-11-18)22(29)26-15-16-5-4-12-25-14-16/h2-12,14,20H,13,15H2,1H3,(H,26,29)(H,27,30)/t20-,24-/m1/s1. The van der Waals surface area contributed by atoms with Crippen LogP contribution in [-0.2, 0) is 6.54 Å². The fourth-order valence-electron chi connectivity index (χ4n) is 4.26. The smallest absolute Gasteiger partial charge is 0.325 e. The van der Waals surface area contributed by atoms with Gasteiger partial charge in [0.1, 0.15) is 5.75 Å². The highest BCUT2D eigenvalue weighted by molar-refractivity contribution is 5.97. The number of nitrogens with one attached hydrogen (secondary N) is 2. The highest BCUT2D eigenvalue weighted by Gasteiger charge is 2.49. The molecule has 2 atom stereocenters. The van der Waals surface area contributed by atoms with Crippen molar-refractivity contribution >= 4 is 17.6 Å². The molecule has 5 rings (SSSR count). The molecule has 2 aromatic carbocycles. The Labute approximate surface area is 180 Å². The Morgan fingerprint density at radius 1 is 1.19 bits per heavy atom. The maximum Gasteiger partial charge on any atom is 0.325 e. The SMILES string of the molecule is C[C@@]12C[C@@H](NC(=O)N1c1ccc(C(=O)NCc3cccnc3)cc1)c1ccccc1O2. The van der Waals surface area contributed by atoms with E-state index in [4.69, 9.17) is 4.74 Å². The van der Waals surface area contributed by atoms with E-state index in [9.17, 15) is 9.59 Å². The summed E-state index contributed by atoms with van der Waals surface area (Å²) in [5.41, 5.74) is 2.29. The highest BCUT2D eigenvalue weighted by atomic mass is 16.5. The number of rotatable bonds is 4. The van der Waals surface area contributed by atoms with Gasteiger partial charge < -0.3 is 15.4 Å². The zero-order valence-corrected chi connectivity index (χ0v) is 17.0. The second-order valence-corrected chi connectivity index (χ2v) is 7.95. The Bertz CT molecular complexity index is 1130. The number of pyridine rings is 1. The van der Waals surface area contributed by atoms with Gasteiger partial charge >= 0.3 is 6.03 Å². The van der Waals surface area contributed by atoms with Crippen LogP contribution < -0.4 is 20.3 Å². The third-order valence-corrected chi connectivity index (χ3v) is 5.74. The number of carbonyl (C=O) groups excluding carboxylic acids is 2. The number of aromatic nitrogens is 1. The maximum absolute atomic E-state index is 13.0. The summed E-state index contributed by atoms with van der Waals surface area (Å²) in [7, 11) is 0. The summed E-state index contributed by atoms with van der Waals surface area (Å²) in [6.07, 6.45) is 4.04. The zero-order chi connectivity index (χ0) is 21.4. The molecule has 2 aliphatic heterocycles. The Morgan fingerprint density at radius 2 is 2.00 bits per heavy atom. The van der Waals surface area contributed by atoms with E-state index in [1.807, 2.05) is 43.3 Å². The zero-order valence-electron chi connectivity index (χ0n) is 17.0. The molecule has 0 radical (unpaired) electrons. The third kappa shape index (κ3) is 3.48. The van der Waals surface area contributed by atoms with Gasteiger partial charge in [0.05, 0.1) is 6.04 Å². The first-order valence-electron chi connectivity index (χ1n) is 10.2. The molecule has 7 nitrogen and oxygen atoms in total. The maximum atomic E-state index is 13.0. The molecule has 2 N–H and O–H groups in total. The summed E-state index contributed by atoms with van der Waals surface area (Å²) < 4.78 is 6.27. The van der Waals surface area contributed by atoms with Gasteiger partial charge in [-0.25, -0.2) is 4.79 Å². The van der Waals surface area contributed by atoms with E-state index in [0.717, 1.165) is 16.9 Å². The molecule has 1 saturated heterocycles. The monoisotopic (exact) mass is 414 g/mol. The summed E-state index contributed by atoms with van der Waals surface area (Å²) in [5.74, 6) is 0.588. The summed E-state index contributed by atoms with van der Waals surface area (Å²) in [4.78, 5) is 31.1. The van der Waals surface area contributed by atoms with Crippen molar-refractivity contribution in [2.24, 2.45) is 0 Å². The van der Waals surface area contributed by atoms with Crippen molar-refractivity contribution in [2.45, 2.75) is 31.7 Å². The molecule has 0 spiro atoms. The Balaban J connectivity index is 1.35. The number of benzene rings is 2. The number of anilines is 1. The van der Waals surface area contributed by atoms with Crippen LogP contribution in [0.1, 0.15) is 40.9 Å². The fraction of sp³-hybridized carbons (Fsp3) is 0.208. The molecule has 3 aromatic rings.